The van der Waals surface area contributed by atoms with Crippen LogP contribution >= 0.6 is 0 Å². The first kappa shape index (κ1) is 20.1. The first-order chi connectivity index (χ1) is 9.62. The summed E-state index contributed by atoms with van der Waals surface area (Å²) in [4.78, 5) is 22.7. The lowest BCUT2D eigenvalue weighted by Gasteiger charge is -2.28. The number of nitrogens with one attached hydrogen (secondary N) is 2. The fraction of sp³-hybridized carbons (Fsp3) is 0.857. The number of carbonyl (C=O) groups is 2. The zero-order chi connectivity index (χ0) is 16.5. The van der Waals surface area contributed by atoms with E-state index >= 15 is 0 Å². The van der Waals surface area contributed by atoms with Crippen molar-refractivity contribution >= 4 is 21.8 Å². The second-order valence-electron chi connectivity index (χ2n) is 6.39. The van der Waals surface area contributed by atoms with Gasteiger partial charge in [-0.25, -0.2) is 0 Å². The van der Waals surface area contributed by atoms with Gasteiger partial charge in [-0.15, -0.1) is 0 Å². The van der Waals surface area contributed by atoms with Gasteiger partial charge < -0.3 is 19.5 Å². The van der Waals surface area contributed by atoms with E-state index in [0.717, 1.165) is 0 Å². The molecule has 0 radical (unpaired) electrons. The molecule has 0 rings (SSSR count). The minimum absolute atomic E-state index is 0.00889. The number of hydrogen-bond acceptors (Lipinski definition) is 4. The van der Waals surface area contributed by atoms with Gasteiger partial charge >= 0.3 is 10.0 Å². The predicted octanol–water partition coefficient (Wildman–Crippen LogP) is 0.628. The monoisotopic (exact) mass is 318 g/mol. The number of amides is 2. The Kier molecular flexibility index (Phi) is 8.76. The van der Waals surface area contributed by atoms with Crippen LogP contribution in [0.3, 0.4) is 0 Å². The van der Waals surface area contributed by atoms with Crippen molar-refractivity contribution in [3.8, 4) is 0 Å². The van der Waals surface area contributed by atoms with Crippen LogP contribution in [0.1, 0.15) is 54.4 Å². The molecule has 0 unspecified atom stereocenters. The molecule has 0 aromatic heterocycles. The summed E-state index contributed by atoms with van der Waals surface area (Å²) in [5.74, 6) is 0.0178. The van der Waals surface area contributed by atoms with Gasteiger partial charge in [0.1, 0.15) is 0 Å². The Morgan fingerprint density at radius 2 is 1.19 bits per heavy atom. The van der Waals surface area contributed by atoms with E-state index in [0.29, 0.717) is 26.1 Å². The Balaban J connectivity index is 3.90. The maximum absolute atomic E-state index is 11.4. The largest absolute Gasteiger partial charge is 0.396 e. The third-order valence-corrected chi connectivity index (χ3v) is 3.43. The van der Waals surface area contributed by atoms with Crippen molar-refractivity contribution in [1.82, 2.24) is 10.6 Å². The molecular weight excluding hydrogens is 288 g/mol. The van der Waals surface area contributed by atoms with Gasteiger partial charge in [0.05, 0.1) is 24.3 Å². The first-order valence-corrected chi connectivity index (χ1v) is 8.55. The molecule has 0 aliphatic carbocycles. The summed E-state index contributed by atoms with van der Waals surface area (Å²) < 4.78 is 11.1. The molecule has 0 saturated heterocycles. The highest BCUT2D eigenvalue weighted by Gasteiger charge is 2.21. The second-order valence-corrected chi connectivity index (χ2v) is 7.44. The van der Waals surface area contributed by atoms with E-state index in [9.17, 15) is 9.59 Å². The van der Waals surface area contributed by atoms with E-state index in [-0.39, 0.29) is 11.8 Å². The number of carbonyl (C=O) groups excluding carboxylic acids is 2. The van der Waals surface area contributed by atoms with Crippen LogP contribution in [0.4, 0.5) is 0 Å². The van der Waals surface area contributed by atoms with Gasteiger partial charge in [-0.3, -0.25) is 9.59 Å². The molecule has 0 spiro atoms. The minimum Gasteiger partial charge on any atom is -0.396 e. The number of rotatable bonds is 10. The normalized spacial score (nSPS) is 12.1. The Labute approximate surface area is 130 Å². The van der Waals surface area contributed by atoms with Crippen molar-refractivity contribution in [2.24, 2.45) is 0 Å². The molecule has 0 saturated carbocycles. The lowest BCUT2D eigenvalue weighted by molar-refractivity contribution is -0.123. The van der Waals surface area contributed by atoms with Crippen molar-refractivity contribution in [3.05, 3.63) is 0 Å². The van der Waals surface area contributed by atoms with E-state index in [1.165, 1.54) is 0 Å². The summed E-state index contributed by atoms with van der Waals surface area (Å²) >= 11 is 0. The molecule has 6 nitrogen and oxygen atoms in total. The van der Waals surface area contributed by atoms with Gasteiger partial charge in [0.15, 0.2) is 0 Å². The van der Waals surface area contributed by atoms with Crippen LogP contribution in [0, 0.1) is 0 Å². The lowest BCUT2D eigenvalue weighted by Crippen LogP contribution is -2.48. The standard InChI is InChI=1S/C14H30N2O4Si/c1-7-11(17)15-13(3,4)9-19-21-20-10-14(5,6)16-12(18)8-2/h7-10,21H2,1-6H3,(H,15,17)(H,16,18). The molecule has 0 fully saturated rings. The first-order valence-electron chi connectivity index (χ1n) is 7.39. The van der Waals surface area contributed by atoms with Gasteiger partial charge in [-0.2, -0.15) is 0 Å². The van der Waals surface area contributed by atoms with Crippen molar-refractivity contribution < 1.29 is 18.4 Å². The van der Waals surface area contributed by atoms with Crippen LogP contribution < -0.4 is 10.6 Å². The topological polar surface area (TPSA) is 76.7 Å². The van der Waals surface area contributed by atoms with Gasteiger partial charge in [0.2, 0.25) is 11.8 Å². The zero-order valence-electron chi connectivity index (χ0n) is 14.2. The third kappa shape index (κ3) is 10.4. The van der Waals surface area contributed by atoms with E-state index in [2.05, 4.69) is 10.6 Å². The molecule has 0 heterocycles. The van der Waals surface area contributed by atoms with E-state index in [1.54, 1.807) is 0 Å². The SMILES string of the molecule is CCC(=O)NC(C)(C)CO[SiH2]OCC(C)(C)NC(=O)CC. The molecule has 2 amide bonds. The fourth-order valence-electron chi connectivity index (χ4n) is 1.66. The average molecular weight is 318 g/mol. The minimum atomic E-state index is -1.13. The van der Waals surface area contributed by atoms with Crippen molar-refractivity contribution in [3.63, 3.8) is 0 Å². The van der Waals surface area contributed by atoms with E-state index in [1.807, 2.05) is 41.5 Å². The molecule has 0 aromatic carbocycles. The summed E-state index contributed by atoms with van der Waals surface area (Å²) in [6.07, 6.45) is 0.922. The molecule has 0 aromatic rings. The Bertz CT molecular complexity index is 314. The van der Waals surface area contributed by atoms with Crippen LogP contribution in [-0.2, 0) is 18.4 Å². The Morgan fingerprint density at radius 1 is 0.857 bits per heavy atom. The fourth-order valence-corrected chi connectivity index (χ4v) is 2.96. The summed E-state index contributed by atoms with van der Waals surface area (Å²) in [6, 6.07) is 0. The quantitative estimate of drug-likeness (QED) is 0.457. The van der Waals surface area contributed by atoms with Gasteiger partial charge in [-0.05, 0) is 27.7 Å². The van der Waals surface area contributed by atoms with Crippen LogP contribution in [0.15, 0.2) is 0 Å². The predicted molar refractivity (Wildman–Crippen MR) is 85.5 cm³/mol. The molecule has 21 heavy (non-hydrogen) atoms. The summed E-state index contributed by atoms with van der Waals surface area (Å²) in [7, 11) is -1.13. The van der Waals surface area contributed by atoms with Gasteiger partial charge in [0.25, 0.3) is 0 Å². The maximum atomic E-state index is 11.4. The molecule has 7 heteroatoms. The van der Waals surface area contributed by atoms with Crippen LogP contribution in [0.5, 0.6) is 0 Å². The summed E-state index contributed by atoms with van der Waals surface area (Å²) in [6.45, 7) is 12.1. The molecule has 124 valence electrons. The third-order valence-electron chi connectivity index (χ3n) is 2.69. The van der Waals surface area contributed by atoms with Crippen LogP contribution in [0.25, 0.3) is 0 Å². The lowest BCUT2D eigenvalue weighted by atomic mass is 10.1. The van der Waals surface area contributed by atoms with E-state index < -0.39 is 21.1 Å². The highest BCUT2D eigenvalue weighted by molar-refractivity contribution is 6.18. The second kappa shape index (κ2) is 9.17. The van der Waals surface area contributed by atoms with E-state index in [4.69, 9.17) is 8.85 Å². The van der Waals surface area contributed by atoms with Crippen LogP contribution in [-0.4, -0.2) is 46.1 Å². The molecular formula is C14H30N2O4Si. The van der Waals surface area contributed by atoms with Crippen LogP contribution in [0.2, 0.25) is 0 Å². The molecule has 0 bridgehead atoms. The maximum Gasteiger partial charge on any atom is 0.304 e. The van der Waals surface area contributed by atoms with Crippen molar-refractivity contribution in [1.29, 1.82) is 0 Å². The average Bonchev–Trinajstić information content (AvgIpc) is 2.36. The highest BCUT2D eigenvalue weighted by atomic mass is 28.3. The highest BCUT2D eigenvalue weighted by Crippen LogP contribution is 2.05. The van der Waals surface area contributed by atoms with Crippen molar-refractivity contribution in [2.75, 3.05) is 13.2 Å². The molecule has 0 aliphatic heterocycles. The molecule has 2 N–H and O–H groups in total. The Hall–Kier alpha value is -0.923. The summed E-state index contributed by atoms with van der Waals surface area (Å²) in [5.41, 5.74) is -0.787. The molecule has 0 aliphatic rings. The van der Waals surface area contributed by atoms with Gasteiger partial charge in [-0.1, -0.05) is 13.8 Å². The molecule has 0 atom stereocenters. The number of hydrogen-bond donors (Lipinski definition) is 2. The van der Waals surface area contributed by atoms with Crippen molar-refractivity contribution in [2.45, 2.75) is 65.5 Å². The zero-order valence-corrected chi connectivity index (χ0v) is 15.6. The Morgan fingerprint density at radius 3 is 1.48 bits per heavy atom. The smallest absolute Gasteiger partial charge is 0.304 e. The van der Waals surface area contributed by atoms with Gasteiger partial charge in [0, 0.05) is 12.8 Å². The summed E-state index contributed by atoms with van der Waals surface area (Å²) in [5, 5.41) is 5.79.